The summed E-state index contributed by atoms with van der Waals surface area (Å²) in [6.45, 7) is 0.814. The number of para-hydroxylation sites is 1. The quantitative estimate of drug-likeness (QED) is 0.891. The third-order valence-electron chi connectivity index (χ3n) is 3.86. The number of nitrogens with one attached hydrogen (secondary N) is 1. The van der Waals surface area contributed by atoms with Crippen molar-refractivity contribution in [3.63, 3.8) is 0 Å². The van der Waals surface area contributed by atoms with Crippen molar-refractivity contribution in [2.24, 2.45) is 7.05 Å². The molecule has 1 saturated heterocycles. The van der Waals surface area contributed by atoms with Crippen LogP contribution in [-0.2, 0) is 7.05 Å². The molecule has 1 N–H and O–H groups in total. The van der Waals surface area contributed by atoms with E-state index in [1.165, 1.54) is 5.69 Å². The summed E-state index contributed by atoms with van der Waals surface area (Å²) in [5.41, 5.74) is 2.04. The first-order valence-corrected chi connectivity index (χ1v) is 6.99. The van der Waals surface area contributed by atoms with Gasteiger partial charge in [0, 0.05) is 31.2 Å². The van der Waals surface area contributed by atoms with Crippen LogP contribution in [0.4, 0.5) is 10.5 Å². The second kappa shape index (κ2) is 5.41. The van der Waals surface area contributed by atoms with Crippen LogP contribution in [0.3, 0.4) is 0 Å². The number of carbonyl (C=O) groups is 1. The Balaban J connectivity index is 1.76. The monoisotopic (exact) mass is 269 g/mol. The molecule has 20 heavy (non-hydrogen) atoms. The third kappa shape index (κ3) is 2.41. The summed E-state index contributed by atoms with van der Waals surface area (Å²) < 4.78 is 2.10. The van der Waals surface area contributed by atoms with Crippen LogP contribution >= 0.6 is 0 Å². The van der Waals surface area contributed by atoms with Gasteiger partial charge >= 0.3 is 6.03 Å². The summed E-state index contributed by atoms with van der Waals surface area (Å²) >= 11 is 0. The first-order chi connectivity index (χ1) is 9.75. The largest absolute Gasteiger partial charge is 0.353 e. The van der Waals surface area contributed by atoms with E-state index in [9.17, 15) is 4.79 Å². The van der Waals surface area contributed by atoms with E-state index in [0.717, 1.165) is 25.1 Å². The summed E-state index contributed by atoms with van der Waals surface area (Å²) in [7, 11) is 2.03. The minimum Gasteiger partial charge on any atom is -0.353 e. The van der Waals surface area contributed by atoms with E-state index in [-0.39, 0.29) is 12.1 Å². The fraction of sp³-hybridized carbons (Fsp3) is 0.312. The van der Waals surface area contributed by atoms with Crippen molar-refractivity contribution < 1.29 is 4.79 Å². The zero-order valence-electron chi connectivity index (χ0n) is 11.6. The van der Waals surface area contributed by atoms with Crippen molar-refractivity contribution in [3.8, 4) is 0 Å². The van der Waals surface area contributed by atoms with Gasteiger partial charge in [-0.3, -0.25) is 0 Å². The molecule has 2 heterocycles. The highest BCUT2D eigenvalue weighted by Crippen LogP contribution is 2.32. The Kier molecular flexibility index (Phi) is 3.46. The van der Waals surface area contributed by atoms with Gasteiger partial charge < -0.3 is 14.8 Å². The smallest absolute Gasteiger partial charge is 0.322 e. The van der Waals surface area contributed by atoms with Crippen LogP contribution in [-0.4, -0.2) is 22.0 Å². The second-order valence-corrected chi connectivity index (χ2v) is 5.19. The van der Waals surface area contributed by atoms with Crippen molar-refractivity contribution in [2.45, 2.75) is 18.9 Å². The predicted molar refractivity (Wildman–Crippen MR) is 79.6 cm³/mol. The molecule has 104 valence electrons. The number of rotatable bonds is 2. The molecule has 0 saturated carbocycles. The summed E-state index contributed by atoms with van der Waals surface area (Å²) in [6, 6.07) is 13.9. The van der Waals surface area contributed by atoms with Crippen LogP contribution in [0.15, 0.2) is 48.7 Å². The van der Waals surface area contributed by atoms with E-state index in [1.807, 2.05) is 54.5 Å². The maximum absolute atomic E-state index is 12.4. The SMILES string of the molecule is Cn1cccc1C1CCCN1C(=O)Nc1ccccc1. The molecule has 4 nitrogen and oxygen atoms in total. The zero-order chi connectivity index (χ0) is 13.9. The number of carbonyl (C=O) groups excluding carboxylic acids is 1. The lowest BCUT2D eigenvalue weighted by Crippen LogP contribution is -2.35. The molecule has 1 aliphatic heterocycles. The minimum absolute atomic E-state index is 0.0140. The fourth-order valence-electron chi connectivity index (χ4n) is 2.85. The molecular formula is C16H19N3O. The van der Waals surface area contributed by atoms with Gasteiger partial charge in [0.05, 0.1) is 6.04 Å². The molecule has 0 aliphatic carbocycles. The number of anilines is 1. The normalized spacial score (nSPS) is 18.2. The molecule has 0 bridgehead atoms. The molecule has 1 aromatic carbocycles. The van der Waals surface area contributed by atoms with Gasteiger partial charge in [-0.2, -0.15) is 0 Å². The van der Waals surface area contributed by atoms with Gasteiger partial charge in [-0.15, -0.1) is 0 Å². The highest BCUT2D eigenvalue weighted by Gasteiger charge is 2.31. The molecule has 1 unspecified atom stereocenters. The molecule has 0 radical (unpaired) electrons. The van der Waals surface area contributed by atoms with Gasteiger partial charge in [-0.25, -0.2) is 4.79 Å². The molecule has 2 aromatic rings. The standard InChI is InChI=1S/C16H19N3O/c1-18-11-5-9-14(18)15-10-6-12-19(15)16(20)17-13-7-3-2-4-8-13/h2-5,7-9,11,15H,6,10,12H2,1H3,(H,17,20). The summed E-state index contributed by atoms with van der Waals surface area (Å²) in [4.78, 5) is 14.4. The van der Waals surface area contributed by atoms with Crippen molar-refractivity contribution in [3.05, 3.63) is 54.4 Å². The lowest BCUT2D eigenvalue weighted by molar-refractivity contribution is 0.205. The van der Waals surface area contributed by atoms with E-state index in [2.05, 4.69) is 16.0 Å². The molecule has 3 rings (SSSR count). The Morgan fingerprint density at radius 1 is 1.20 bits per heavy atom. The fourth-order valence-corrected chi connectivity index (χ4v) is 2.85. The van der Waals surface area contributed by atoms with Crippen LogP contribution in [0.2, 0.25) is 0 Å². The molecule has 1 fully saturated rings. The summed E-state index contributed by atoms with van der Waals surface area (Å²) in [5.74, 6) is 0. The highest BCUT2D eigenvalue weighted by atomic mass is 16.2. The first kappa shape index (κ1) is 12.8. The van der Waals surface area contributed by atoms with Crippen molar-refractivity contribution in [1.29, 1.82) is 0 Å². The van der Waals surface area contributed by atoms with Gasteiger partial charge in [0.25, 0.3) is 0 Å². The average Bonchev–Trinajstić information content (AvgIpc) is 3.07. The lowest BCUT2D eigenvalue weighted by atomic mass is 10.1. The highest BCUT2D eigenvalue weighted by molar-refractivity contribution is 5.89. The van der Waals surface area contributed by atoms with Gasteiger partial charge in [0.15, 0.2) is 0 Å². The number of hydrogen-bond acceptors (Lipinski definition) is 1. The predicted octanol–water partition coefficient (Wildman–Crippen LogP) is 3.39. The Morgan fingerprint density at radius 3 is 2.70 bits per heavy atom. The maximum Gasteiger partial charge on any atom is 0.322 e. The zero-order valence-corrected chi connectivity index (χ0v) is 11.6. The summed E-state index contributed by atoms with van der Waals surface area (Å²) in [6.07, 6.45) is 4.11. The van der Waals surface area contributed by atoms with E-state index >= 15 is 0 Å². The van der Waals surface area contributed by atoms with Crippen LogP contribution in [0, 0.1) is 0 Å². The number of hydrogen-bond donors (Lipinski definition) is 1. The van der Waals surface area contributed by atoms with Gasteiger partial charge in [-0.1, -0.05) is 18.2 Å². The van der Waals surface area contributed by atoms with Crippen molar-refractivity contribution in [1.82, 2.24) is 9.47 Å². The minimum atomic E-state index is -0.0140. The van der Waals surface area contributed by atoms with E-state index in [0.29, 0.717) is 0 Å². The number of aryl methyl sites for hydroxylation is 1. The van der Waals surface area contributed by atoms with E-state index < -0.39 is 0 Å². The van der Waals surface area contributed by atoms with Crippen LogP contribution in [0.1, 0.15) is 24.6 Å². The maximum atomic E-state index is 12.4. The van der Waals surface area contributed by atoms with Gasteiger partial charge in [-0.05, 0) is 37.1 Å². The Morgan fingerprint density at radius 2 is 2.00 bits per heavy atom. The number of nitrogens with zero attached hydrogens (tertiary/aromatic N) is 2. The van der Waals surface area contributed by atoms with Crippen molar-refractivity contribution >= 4 is 11.7 Å². The Bertz CT molecular complexity index is 591. The summed E-state index contributed by atoms with van der Waals surface area (Å²) in [5, 5.41) is 2.97. The number of benzene rings is 1. The molecule has 1 atom stereocenters. The van der Waals surface area contributed by atoms with Gasteiger partial charge in [0.2, 0.25) is 0 Å². The van der Waals surface area contributed by atoms with E-state index in [4.69, 9.17) is 0 Å². The molecule has 1 aromatic heterocycles. The molecule has 2 amide bonds. The first-order valence-electron chi connectivity index (χ1n) is 6.99. The third-order valence-corrected chi connectivity index (χ3v) is 3.86. The van der Waals surface area contributed by atoms with Crippen LogP contribution in [0.25, 0.3) is 0 Å². The lowest BCUT2D eigenvalue weighted by Gasteiger charge is -2.25. The average molecular weight is 269 g/mol. The second-order valence-electron chi connectivity index (χ2n) is 5.19. The topological polar surface area (TPSA) is 37.3 Å². The number of likely N-dealkylation sites (tertiary alicyclic amines) is 1. The number of urea groups is 1. The molecule has 0 spiro atoms. The van der Waals surface area contributed by atoms with E-state index in [1.54, 1.807) is 0 Å². The van der Waals surface area contributed by atoms with Gasteiger partial charge in [0.1, 0.15) is 0 Å². The molecule has 4 heteroatoms. The van der Waals surface area contributed by atoms with Crippen LogP contribution in [0.5, 0.6) is 0 Å². The van der Waals surface area contributed by atoms with Crippen molar-refractivity contribution in [2.75, 3.05) is 11.9 Å². The number of amides is 2. The molecular weight excluding hydrogens is 250 g/mol. The number of aromatic nitrogens is 1. The Hall–Kier alpha value is -2.23. The molecule has 1 aliphatic rings. The van der Waals surface area contributed by atoms with Crippen LogP contribution < -0.4 is 5.32 Å². The Labute approximate surface area is 119 Å².